The summed E-state index contributed by atoms with van der Waals surface area (Å²) >= 11 is 0. The highest BCUT2D eigenvalue weighted by Crippen LogP contribution is 2.36. The number of aromatic nitrogens is 1. The van der Waals surface area contributed by atoms with E-state index in [0.717, 1.165) is 24.5 Å². The van der Waals surface area contributed by atoms with E-state index in [-0.39, 0.29) is 49.8 Å². The van der Waals surface area contributed by atoms with Crippen LogP contribution in [-0.2, 0) is 29.9 Å². The third-order valence-electron chi connectivity index (χ3n) is 6.25. The van der Waals surface area contributed by atoms with Gasteiger partial charge in [-0.25, -0.2) is 21.9 Å². The zero-order valence-electron chi connectivity index (χ0n) is 19.6. The molecule has 2 N–H and O–H groups in total. The fraction of sp³-hybridized carbons (Fsp3) is 0.385. The summed E-state index contributed by atoms with van der Waals surface area (Å²) in [5.41, 5.74) is 2.88. The van der Waals surface area contributed by atoms with Gasteiger partial charge in [0.1, 0.15) is 24.0 Å². The molecule has 10 heteroatoms. The van der Waals surface area contributed by atoms with E-state index in [1.165, 1.54) is 30.0 Å². The summed E-state index contributed by atoms with van der Waals surface area (Å²) in [6, 6.07) is 11.2. The normalized spacial score (nSPS) is 17.0. The Bertz CT molecular complexity index is 1250. The third kappa shape index (κ3) is 7.06. The Morgan fingerprint density at radius 3 is 2.47 bits per heavy atom. The van der Waals surface area contributed by atoms with E-state index in [0.29, 0.717) is 17.7 Å². The van der Waals surface area contributed by atoms with Crippen LogP contribution in [0.3, 0.4) is 0 Å². The van der Waals surface area contributed by atoms with Crippen LogP contribution in [0.1, 0.15) is 36.5 Å². The fourth-order valence-corrected chi connectivity index (χ4v) is 5.67. The lowest BCUT2D eigenvalue weighted by Crippen LogP contribution is -2.37. The Balaban J connectivity index is 0.00000228. The van der Waals surface area contributed by atoms with E-state index in [9.17, 15) is 17.2 Å². The van der Waals surface area contributed by atoms with Crippen LogP contribution in [0, 0.1) is 11.6 Å². The summed E-state index contributed by atoms with van der Waals surface area (Å²) in [4.78, 5) is 0.207. The molecular weight excluding hydrogens is 508 g/mol. The second-order valence-corrected chi connectivity index (χ2v) is 10.4. The van der Waals surface area contributed by atoms with Crippen molar-refractivity contribution in [1.29, 1.82) is 0 Å². The highest BCUT2D eigenvalue weighted by atomic mass is 35.5. The fourth-order valence-electron chi connectivity index (χ4n) is 4.61. The number of sulfonamides is 1. The molecule has 1 aliphatic carbocycles. The first-order valence-electron chi connectivity index (χ1n) is 11.2. The molecular formula is C26H34ClF2N3O3S. The van der Waals surface area contributed by atoms with Crippen molar-refractivity contribution in [3.63, 3.8) is 0 Å². The zero-order valence-corrected chi connectivity index (χ0v) is 21.3. The molecule has 6 nitrogen and oxygen atoms in total. The van der Waals surface area contributed by atoms with Crippen molar-refractivity contribution in [2.45, 2.75) is 43.5 Å². The second-order valence-electron chi connectivity index (χ2n) is 8.64. The summed E-state index contributed by atoms with van der Waals surface area (Å²) in [7, 11) is 0.0659. The number of likely N-dealkylation sites (N-methyl/N-ethyl adjacent to an activating group) is 1. The van der Waals surface area contributed by atoms with Gasteiger partial charge in [0, 0.05) is 44.0 Å². The maximum absolute atomic E-state index is 13.8. The number of nitrogens with zero attached hydrogens (tertiary/aromatic N) is 1. The number of hydrogen-bond acceptors (Lipinski definition) is 4. The molecule has 0 amide bonds. The number of ether oxygens (including phenoxy) is 1. The highest BCUT2D eigenvalue weighted by Gasteiger charge is 2.29. The van der Waals surface area contributed by atoms with Gasteiger partial charge in [-0.15, -0.1) is 12.4 Å². The van der Waals surface area contributed by atoms with Crippen LogP contribution in [0.2, 0.25) is 0 Å². The van der Waals surface area contributed by atoms with E-state index in [2.05, 4.69) is 10.0 Å². The van der Waals surface area contributed by atoms with Crippen molar-refractivity contribution < 1.29 is 21.9 Å². The molecule has 3 aromatic rings. The molecule has 1 aromatic heterocycles. The first kappa shape index (κ1) is 29.8. The smallest absolute Gasteiger partial charge is 0.242 e. The monoisotopic (exact) mass is 541 g/mol. The zero-order chi connectivity index (χ0) is 24.3. The van der Waals surface area contributed by atoms with Crippen LogP contribution in [-0.4, -0.2) is 39.2 Å². The average molecular weight is 542 g/mol. The molecule has 1 heterocycles. The maximum Gasteiger partial charge on any atom is 0.242 e. The van der Waals surface area contributed by atoms with Crippen LogP contribution in [0.15, 0.2) is 59.8 Å². The van der Waals surface area contributed by atoms with Crippen molar-refractivity contribution in [2.75, 3.05) is 20.2 Å². The number of hydrogen-bond donors (Lipinski definition) is 2. The van der Waals surface area contributed by atoms with Gasteiger partial charge in [0.15, 0.2) is 0 Å². The Hall–Kier alpha value is -2.46. The molecule has 2 atom stereocenters. The molecule has 2 unspecified atom stereocenters. The van der Waals surface area contributed by atoms with Crippen molar-refractivity contribution >= 4 is 22.4 Å². The Morgan fingerprint density at radius 1 is 1.11 bits per heavy atom. The molecule has 0 bridgehead atoms. The average Bonchev–Trinajstić information content (AvgIpc) is 3.24. The van der Waals surface area contributed by atoms with Gasteiger partial charge in [-0.05, 0) is 73.3 Å². The topological polar surface area (TPSA) is 72.4 Å². The van der Waals surface area contributed by atoms with E-state index in [4.69, 9.17) is 4.74 Å². The van der Waals surface area contributed by atoms with Gasteiger partial charge >= 0.3 is 0 Å². The van der Waals surface area contributed by atoms with Crippen molar-refractivity contribution in [2.24, 2.45) is 7.05 Å². The van der Waals surface area contributed by atoms with Gasteiger partial charge < -0.3 is 14.6 Å². The van der Waals surface area contributed by atoms with Gasteiger partial charge in [-0.3, -0.25) is 0 Å². The van der Waals surface area contributed by atoms with E-state index in [1.807, 2.05) is 25.2 Å². The molecule has 1 aliphatic rings. The molecule has 0 aliphatic heterocycles. The van der Waals surface area contributed by atoms with Gasteiger partial charge in [0.25, 0.3) is 0 Å². The van der Waals surface area contributed by atoms with Crippen LogP contribution in [0.5, 0.6) is 5.75 Å². The number of benzene rings is 2. The minimum Gasteiger partial charge on any atom is -0.492 e. The number of halogens is 3. The predicted octanol–water partition coefficient (Wildman–Crippen LogP) is 4.58. The summed E-state index contributed by atoms with van der Waals surface area (Å²) in [5.74, 6) is -0.510. The van der Waals surface area contributed by atoms with E-state index in [1.54, 1.807) is 17.8 Å². The first-order valence-corrected chi connectivity index (χ1v) is 12.7. The molecule has 198 valence electrons. The number of rotatable bonds is 9. The molecule has 0 saturated heterocycles. The molecule has 0 spiro atoms. The van der Waals surface area contributed by atoms with Crippen LogP contribution in [0.25, 0.3) is 0 Å². The lowest BCUT2D eigenvalue weighted by atomic mass is 9.76. The van der Waals surface area contributed by atoms with Crippen LogP contribution < -0.4 is 14.8 Å². The Morgan fingerprint density at radius 2 is 1.83 bits per heavy atom. The summed E-state index contributed by atoms with van der Waals surface area (Å²) in [6.45, 7) is 0.291. The first-order chi connectivity index (χ1) is 16.2. The minimum atomic E-state index is -3.59. The Kier molecular flexibility index (Phi) is 10.5. The standard InChI is InChI=1S/C25H29F2N3O3S.CH4.ClH/c1-28-25-6-4-18-3-5-21(33-10-8-29-34(31,32)22-7-9-30(2)16-22)15-23(18)24(25)13-17-11-19(26)14-20(27)12-17;;/h3,5,7,9,11-12,14-16,24-25,28-29H,4,6,8,10,13H2,1-2H3;1H4;1H. The maximum atomic E-state index is 13.8. The largest absolute Gasteiger partial charge is 0.492 e. The SMILES string of the molecule is C.CNC1CCc2ccc(OCCNS(=O)(=O)c3ccn(C)c3)cc2C1Cc1cc(F)cc(F)c1.Cl. The lowest BCUT2D eigenvalue weighted by molar-refractivity contribution is 0.320. The molecule has 0 radical (unpaired) electrons. The summed E-state index contributed by atoms with van der Waals surface area (Å²) in [5, 5.41) is 3.34. The molecule has 4 rings (SSSR count). The number of fused-ring (bicyclic) bond motifs is 1. The highest BCUT2D eigenvalue weighted by molar-refractivity contribution is 7.89. The predicted molar refractivity (Wildman–Crippen MR) is 140 cm³/mol. The van der Waals surface area contributed by atoms with Gasteiger partial charge in [-0.1, -0.05) is 13.5 Å². The third-order valence-corrected chi connectivity index (χ3v) is 7.70. The van der Waals surface area contributed by atoms with E-state index >= 15 is 0 Å². The summed E-state index contributed by atoms with van der Waals surface area (Å²) < 4.78 is 62.3. The van der Waals surface area contributed by atoms with Crippen LogP contribution >= 0.6 is 12.4 Å². The Labute approximate surface area is 218 Å². The number of nitrogens with one attached hydrogen (secondary N) is 2. The van der Waals surface area contributed by atoms with Crippen molar-refractivity contribution in [3.8, 4) is 5.75 Å². The van der Waals surface area contributed by atoms with E-state index < -0.39 is 21.7 Å². The van der Waals surface area contributed by atoms with Gasteiger partial charge in [0.2, 0.25) is 10.0 Å². The molecule has 0 fully saturated rings. The minimum absolute atomic E-state index is 0. The van der Waals surface area contributed by atoms with Gasteiger partial charge in [0.05, 0.1) is 4.90 Å². The lowest BCUT2D eigenvalue weighted by Gasteiger charge is -2.34. The second kappa shape index (κ2) is 12.7. The molecule has 0 saturated carbocycles. The quantitative estimate of drug-likeness (QED) is 0.389. The van der Waals surface area contributed by atoms with Crippen molar-refractivity contribution in [1.82, 2.24) is 14.6 Å². The van der Waals surface area contributed by atoms with Gasteiger partial charge in [-0.2, -0.15) is 0 Å². The molecule has 2 aromatic carbocycles. The van der Waals surface area contributed by atoms with Crippen LogP contribution in [0.4, 0.5) is 8.78 Å². The molecule has 36 heavy (non-hydrogen) atoms. The number of aryl methyl sites for hydroxylation is 2. The summed E-state index contributed by atoms with van der Waals surface area (Å²) in [6.07, 6.45) is 5.52. The van der Waals surface area contributed by atoms with Crippen molar-refractivity contribution in [3.05, 3.63) is 83.2 Å².